The fraction of sp³-hybridized carbons (Fsp3) is 0.538. The minimum Gasteiger partial charge on any atom is -0.478 e. The van der Waals surface area contributed by atoms with Crippen LogP contribution in [-0.4, -0.2) is 29.1 Å². The Kier molecular flexibility index (Phi) is 3.69. The fourth-order valence-corrected chi connectivity index (χ4v) is 2.57. The van der Waals surface area contributed by atoms with Gasteiger partial charge in [-0.05, 0) is 18.9 Å². The lowest BCUT2D eigenvalue weighted by atomic mass is 9.94. The molecule has 0 saturated heterocycles. The first-order valence-electron chi connectivity index (χ1n) is 6.32. The van der Waals surface area contributed by atoms with Crippen LogP contribution in [-0.2, 0) is 0 Å². The highest BCUT2D eigenvalue weighted by Gasteiger charge is 2.22. The van der Waals surface area contributed by atoms with Gasteiger partial charge in [0.2, 0.25) is 0 Å². The van der Waals surface area contributed by atoms with Gasteiger partial charge in [-0.3, -0.25) is 0 Å². The average Bonchev–Trinajstić information content (AvgIpc) is 2.39. The fourth-order valence-electron chi connectivity index (χ4n) is 2.57. The van der Waals surface area contributed by atoms with Gasteiger partial charge in [-0.25, -0.2) is 9.78 Å². The standard InChI is InChI=1S/C13H19N3O2/c1-16(9-5-3-2-4-6-9)12-11(14)10(13(17)18)7-8-15-12/h7-9H,2-6,14H2,1H3,(H,17,18). The zero-order valence-corrected chi connectivity index (χ0v) is 10.6. The van der Waals surface area contributed by atoms with Crippen LogP contribution in [0.5, 0.6) is 0 Å². The molecule has 1 saturated carbocycles. The molecule has 1 aliphatic carbocycles. The minimum absolute atomic E-state index is 0.127. The molecule has 0 unspecified atom stereocenters. The number of nitrogens with zero attached hydrogens (tertiary/aromatic N) is 2. The number of nitrogen functional groups attached to an aromatic ring is 1. The zero-order chi connectivity index (χ0) is 13.1. The van der Waals surface area contributed by atoms with Gasteiger partial charge in [-0.1, -0.05) is 19.3 Å². The number of anilines is 2. The highest BCUT2D eigenvalue weighted by Crippen LogP contribution is 2.29. The average molecular weight is 249 g/mol. The van der Waals surface area contributed by atoms with Crippen LogP contribution in [0, 0.1) is 0 Å². The van der Waals surface area contributed by atoms with Gasteiger partial charge in [0.05, 0.1) is 11.3 Å². The highest BCUT2D eigenvalue weighted by atomic mass is 16.4. The summed E-state index contributed by atoms with van der Waals surface area (Å²) in [6, 6.07) is 1.85. The molecule has 1 aromatic rings. The van der Waals surface area contributed by atoms with Gasteiger partial charge in [0.25, 0.3) is 0 Å². The molecular formula is C13H19N3O2. The van der Waals surface area contributed by atoms with Crippen molar-refractivity contribution in [3.05, 3.63) is 17.8 Å². The van der Waals surface area contributed by atoms with Crippen LogP contribution in [0.4, 0.5) is 11.5 Å². The van der Waals surface area contributed by atoms with E-state index in [1.807, 2.05) is 11.9 Å². The smallest absolute Gasteiger partial charge is 0.337 e. The molecule has 0 radical (unpaired) electrons. The van der Waals surface area contributed by atoms with Crippen molar-refractivity contribution < 1.29 is 9.90 Å². The summed E-state index contributed by atoms with van der Waals surface area (Å²) in [6.07, 6.45) is 7.46. The molecule has 0 aliphatic heterocycles. The Balaban J connectivity index is 2.26. The Bertz CT molecular complexity index is 442. The third-order valence-corrected chi connectivity index (χ3v) is 3.66. The second-order valence-electron chi connectivity index (χ2n) is 4.80. The van der Waals surface area contributed by atoms with E-state index in [-0.39, 0.29) is 11.3 Å². The van der Waals surface area contributed by atoms with Gasteiger partial charge in [-0.15, -0.1) is 0 Å². The van der Waals surface area contributed by atoms with E-state index in [2.05, 4.69) is 4.98 Å². The summed E-state index contributed by atoms with van der Waals surface area (Å²) in [7, 11) is 1.94. The molecule has 1 heterocycles. The van der Waals surface area contributed by atoms with E-state index in [1.165, 1.54) is 31.5 Å². The van der Waals surface area contributed by atoms with E-state index < -0.39 is 5.97 Å². The topological polar surface area (TPSA) is 79.5 Å². The zero-order valence-electron chi connectivity index (χ0n) is 10.6. The van der Waals surface area contributed by atoms with Crippen LogP contribution >= 0.6 is 0 Å². The monoisotopic (exact) mass is 249 g/mol. The van der Waals surface area contributed by atoms with Crippen molar-refractivity contribution in [2.75, 3.05) is 17.7 Å². The van der Waals surface area contributed by atoms with Crippen LogP contribution in [0.1, 0.15) is 42.5 Å². The van der Waals surface area contributed by atoms with Crippen molar-refractivity contribution in [2.24, 2.45) is 0 Å². The first-order chi connectivity index (χ1) is 8.61. The Morgan fingerprint density at radius 3 is 2.72 bits per heavy atom. The molecule has 1 fully saturated rings. The van der Waals surface area contributed by atoms with E-state index in [4.69, 9.17) is 10.8 Å². The molecule has 0 spiro atoms. The van der Waals surface area contributed by atoms with E-state index in [0.717, 1.165) is 12.8 Å². The number of carboxylic acids is 1. The lowest BCUT2D eigenvalue weighted by Gasteiger charge is -2.32. The number of hydrogen-bond acceptors (Lipinski definition) is 4. The molecule has 18 heavy (non-hydrogen) atoms. The molecule has 0 aromatic carbocycles. The first kappa shape index (κ1) is 12.7. The number of rotatable bonds is 3. The van der Waals surface area contributed by atoms with Crippen LogP contribution in [0.3, 0.4) is 0 Å². The maximum Gasteiger partial charge on any atom is 0.337 e. The number of carbonyl (C=O) groups is 1. The normalized spacial score (nSPS) is 16.5. The highest BCUT2D eigenvalue weighted by molar-refractivity contribution is 5.96. The van der Waals surface area contributed by atoms with Crippen molar-refractivity contribution in [1.82, 2.24) is 4.98 Å². The first-order valence-corrected chi connectivity index (χ1v) is 6.32. The molecular weight excluding hydrogens is 230 g/mol. The molecule has 0 bridgehead atoms. The second-order valence-corrected chi connectivity index (χ2v) is 4.80. The van der Waals surface area contributed by atoms with E-state index in [1.54, 1.807) is 0 Å². The third kappa shape index (κ3) is 2.39. The quantitative estimate of drug-likeness (QED) is 0.857. The van der Waals surface area contributed by atoms with E-state index >= 15 is 0 Å². The summed E-state index contributed by atoms with van der Waals surface area (Å²) in [5, 5.41) is 9.06. The van der Waals surface area contributed by atoms with Gasteiger partial charge in [0.15, 0.2) is 5.82 Å². The van der Waals surface area contributed by atoms with Gasteiger partial charge >= 0.3 is 5.97 Å². The summed E-state index contributed by atoms with van der Waals surface area (Å²) in [5.74, 6) is -0.421. The number of hydrogen-bond donors (Lipinski definition) is 2. The van der Waals surface area contributed by atoms with Crippen molar-refractivity contribution in [2.45, 2.75) is 38.1 Å². The molecule has 1 aliphatic rings. The summed E-state index contributed by atoms with van der Waals surface area (Å²) < 4.78 is 0. The van der Waals surface area contributed by atoms with E-state index in [0.29, 0.717) is 11.9 Å². The predicted molar refractivity (Wildman–Crippen MR) is 70.9 cm³/mol. The molecule has 5 heteroatoms. The van der Waals surface area contributed by atoms with Gasteiger partial charge in [-0.2, -0.15) is 0 Å². The number of aromatic nitrogens is 1. The maximum atomic E-state index is 11.0. The number of carboxylic acid groups (broad SMARTS) is 1. The molecule has 0 atom stereocenters. The second kappa shape index (κ2) is 5.25. The largest absolute Gasteiger partial charge is 0.478 e. The van der Waals surface area contributed by atoms with E-state index in [9.17, 15) is 4.79 Å². The van der Waals surface area contributed by atoms with Crippen LogP contribution in [0.2, 0.25) is 0 Å². The lowest BCUT2D eigenvalue weighted by molar-refractivity contribution is 0.0698. The van der Waals surface area contributed by atoms with Crippen LogP contribution in [0.15, 0.2) is 12.3 Å². The van der Waals surface area contributed by atoms with Gasteiger partial charge < -0.3 is 15.7 Å². The summed E-state index contributed by atoms with van der Waals surface area (Å²) in [4.78, 5) is 17.3. The summed E-state index contributed by atoms with van der Waals surface area (Å²) >= 11 is 0. The Hall–Kier alpha value is -1.78. The van der Waals surface area contributed by atoms with Crippen molar-refractivity contribution in [3.8, 4) is 0 Å². The SMILES string of the molecule is CN(c1nccc(C(=O)O)c1N)C1CCCCC1. The predicted octanol–water partition coefficient (Wildman–Crippen LogP) is 2.13. The van der Waals surface area contributed by atoms with Crippen molar-refractivity contribution >= 4 is 17.5 Å². The molecule has 5 nitrogen and oxygen atoms in total. The van der Waals surface area contributed by atoms with Crippen LogP contribution in [0.25, 0.3) is 0 Å². The Morgan fingerprint density at radius 2 is 2.11 bits per heavy atom. The molecule has 1 aromatic heterocycles. The number of aromatic carboxylic acids is 1. The Morgan fingerprint density at radius 1 is 1.44 bits per heavy atom. The maximum absolute atomic E-state index is 11.0. The Labute approximate surface area is 107 Å². The van der Waals surface area contributed by atoms with Crippen LogP contribution < -0.4 is 10.6 Å². The molecule has 98 valence electrons. The minimum atomic E-state index is -1.01. The lowest BCUT2D eigenvalue weighted by Crippen LogP contribution is -2.34. The van der Waals surface area contributed by atoms with Crippen molar-refractivity contribution in [3.63, 3.8) is 0 Å². The summed E-state index contributed by atoms with van der Waals surface area (Å²) in [6.45, 7) is 0. The molecule has 2 rings (SSSR count). The van der Waals surface area contributed by atoms with Gasteiger partial charge in [0.1, 0.15) is 0 Å². The molecule has 0 amide bonds. The van der Waals surface area contributed by atoms with Crippen molar-refractivity contribution in [1.29, 1.82) is 0 Å². The van der Waals surface area contributed by atoms with Gasteiger partial charge in [0, 0.05) is 19.3 Å². The third-order valence-electron chi connectivity index (χ3n) is 3.66. The molecule has 3 N–H and O–H groups in total. The summed E-state index contributed by atoms with van der Waals surface area (Å²) in [5.41, 5.74) is 6.30. The number of nitrogens with two attached hydrogens (primary N) is 1. The number of pyridine rings is 1.